The summed E-state index contributed by atoms with van der Waals surface area (Å²) in [5.41, 5.74) is 6.41. The van der Waals surface area contributed by atoms with Crippen LogP contribution in [0.3, 0.4) is 0 Å². The monoisotopic (exact) mass is 539 g/mol. The molecule has 0 saturated heterocycles. The third-order valence-electron chi connectivity index (χ3n) is 6.90. The van der Waals surface area contributed by atoms with Crippen molar-refractivity contribution in [2.45, 2.75) is 19.3 Å². The van der Waals surface area contributed by atoms with Crippen LogP contribution in [0, 0.1) is 6.92 Å². The van der Waals surface area contributed by atoms with Crippen molar-refractivity contribution in [2.24, 2.45) is 0 Å². The minimum Gasteiger partial charge on any atom is -0.368 e. The number of dihydropyridines is 1. The Labute approximate surface area is 228 Å². The predicted octanol–water partition coefficient (Wildman–Crippen LogP) is 6.43. The average molecular weight is 540 g/mol. The number of hydrogen-bond acceptors (Lipinski definition) is 4. The summed E-state index contributed by atoms with van der Waals surface area (Å²) in [6.07, 6.45) is 7.45. The van der Waals surface area contributed by atoms with Gasteiger partial charge in [-0.2, -0.15) is 18.3 Å². The summed E-state index contributed by atoms with van der Waals surface area (Å²) in [5, 5.41) is 14.0. The van der Waals surface area contributed by atoms with E-state index in [1.807, 2.05) is 49.8 Å². The second-order valence-electron chi connectivity index (χ2n) is 9.63. The zero-order chi connectivity index (χ0) is 27.9. The fraction of sp³-hybridized carbons (Fsp3) is 0.0968. The maximum Gasteiger partial charge on any atom is 0.416 e. The van der Waals surface area contributed by atoms with Crippen LogP contribution in [0.2, 0.25) is 0 Å². The zero-order valence-electron chi connectivity index (χ0n) is 21.3. The van der Waals surface area contributed by atoms with Crippen molar-refractivity contribution in [3.63, 3.8) is 0 Å². The number of rotatable bonds is 5. The quantitative estimate of drug-likeness (QED) is 0.273. The molecule has 1 unspecified atom stereocenters. The van der Waals surface area contributed by atoms with Crippen LogP contribution in [0.1, 0.15) is 27.0 Å². The van der Waals surface area contributed by atoms with Crippen molar-refractivity contribution in [2.75, 3.05) is 5.32 Å². The number of hydrogen-bond donors (Lipinski definition) is 3. The number of alkyl halides is 3. The van der Waals surface area contributed by atoms with Gasteiger partial charge < -0.3 is 16.0 Å². The van der Waals surface area contributed by atoms with Gasteiger partial charge in [0, 0.05) is 34.8 Å². The molecule has 1 atom stereocenters. The molecule has 200 valence electrons. The number of benzene rings is 3. The summed E-state index contributed by atoms with van der Waals surface area (Å²) < 4.78 is 40.5. The molecule has 3 aromatic carbocycles. The zero-order valence-corrected chi connectivity index (χ0v) is 21.3. The van der Waals surface area contributed by atoms with Gasteiger partial charge in [-0.1, -0.05) is 30.3 Å². The molecule has 6 rings (SSSR count). The molecule has 0 aliphatic carbocycles. The van der Waals surface area contributed by atoms with Gasteiger partial charge in [0.2, 0.25) is 0 Å². The normalized spacial score (nSPS) is 15.9. The van der Waals surface area contributed by atoms with Crippen molar-refractivity contribution >= 4 is 17.2 Å². The lowest BCUT2D eigenvalue weighted by molar-refractivity contribution is -0.137. The molecular weight excluding hydrogens is 515 g/mol. The summed E-state index contributed by atoms with van der Waals surface area (Å²) >= 11 is 0. The highest BCUT2D eigenvalue weighted by Crippen LogP contribution is 2.31. The van der Waals surface area contributed by atoms with Gasteiger partial charge in [-0.15, -0.1) is 0 Å². The smallest absolute Gasteiger partial charge is 0.368 e. The van der Waals surface area contributed by atoms with Crippen molar-refractivity contribution in [3.05, 3.63) is 132 Å². The molecule has 0 radical (unpaired) electrons. The first-order chi connectivity index (χ1) is 19.2. The molecule has 1 amide bonds. The SMILES string of the molecule is Cc1ccc(NC(=O)c2cccc(-c3ccc(C(F)(F)F)cc3)c2)cc1-n1cc(C2=CNC3NC=CC3=C2)cn1. The number of nitrogens with zero attached hydrogens (tertiary/aromatic N) is 2. The van der Waals surface area contributed by atoms with E-state index in [-0.39, 0.29) is 12.1 Å². The van der Waals surface area contributed by atoms with Gasteiger partial charge in [0.05, 0.1) is 17.4 Å². The number of fused-ring (bicyclic) bond motifs is 1. The van der Waals surface area contributed by atoms with Crippen molar-refractivity contribution in [3.8, 4) is 16.8 Å². The molecule has 9 heteroatoms. The van der Waals surface area contributed by atoms with Crippen LogP contribution in [0.4, 0.5) is 18.9 Å². The number of carbonyl (C=O) groups is 1. The number of halogens is 3. The van der Waals surface area contributed by atoms with Crippen LogP contribution in [0.25, 0.3) is 22.4 Å². The minimum atomic E-state index is -4.40. The van der Waals surface area contributed by atoms with Crippen LogP contribution in [-0.2, 0) is 6.18 Å². The summed E-state index contributed by atoms with van der Waals surface area (Å²) in [5.74, 6) is -0.331. The summed E-state index contributed by atoms with van der Waals surface area (Å²) in [4.78, 5) is 13.1. The van der Waals surface area contributed by atoms with Gasteiger partial charge in [0.25, 0.3) is 5.91 Å². The first kappa shape index (κ1) is 25.2. The Balaban J connectivity index is 1.20. The standard InChI is InChI=1S/C31H24F3N5O/c1-19-5-10-27(15-28(19)39-18-25(17-37-39)24-14-22-11-12-35-29(22)36-16-24)38-30(40)23-4-2-3-21(13-23)20-6-8-26(9-7-20)31(32,33)34/h2-18,29,35-36H,1H3,(H,38,40). The van der Waals surface area contributed by atoms with E-state index < -0.39 is 11.7 Å². The molecule has 2 aliphatic rings. The van der Waals surface area contributed by atoms with E-state index in [4.69, 9.17) is 0 Å². The minimum absolute atomic E-state index is 0.0944. The Hall–Kier alpha value is -5.05. The summed E-state index contributed by atoms with van der Waals surface area (Å²) in [6.45, 7) is 1.97. The number of allylic oxidation sites excluding steroid dienone is 2. The third-order valence-corrected chi connectivity index (χ3v) is 6.90. The first-order valence-corrected chi connectivity index (χ1v) is 12.6. The van der Waals surface area contributed by atoms with Crippen molar-refractivity contribution in [1.29, 1.82) is 0 Å². The van der Waals surface area contributed by atoms with Gasteiger partial charge in [0.1, 0.15) is 6.17 Å². The predicted molar refractivity (Wildman–Crippen MR) is 148 cm³/mol. The maximum absolute atomic E-state index is 13.1. The molecule has 1 aromatic heterocycles. The molecule has 6 nitrogen and oxygen atoms in total. The Morgan fingerprint density at radius 3 is 2.60 bits per heavy atom. The van der Waals surface area contributed by atoms with Crippen LogP contribution in [-0.4, -0.2) is 21.9 Å². The van der Waals surface area contributed by atoms with E-state index in [0.29, 0.717) is 22.4 Å². The Morgan fingerprint density at radius 2 is 1.80 bits per heavy atom. The van der Waals surface area contributed by atoms with E-state index in [1.165, 1.54) is 12.1 Å². The highest BCUT2D eigenvalue weighted by Gasteiger charge is 2.30. The fourth-order valence-corrected chi connectivity index (χ4v) is 4.70. The fourth-order valence-electron chi connectivity index (χ4n) is 4.70. The summed E-state index contributed by atoms with van der Waals surface area (Å²) in [7, 11) is 0. The number of aryl methyl sites for hydroxylation is 1. The van der Waals surface area contributed by atoms with Gasteiger partial charge in [-0.3, -0.25) is 4.79 Å². The number of aromatic nitrogens is 2. The van der Waals surface area contributed by atoms with E-state index in [0.717, 1.165) is 40.1 Å². The molecular formula is C31H24F3N5O. The highest BCUT2D eigenvalue weighted by atomic mass is 19.4. The molecule has 0 saturated carbocycles. The molecule has 40 heavy (non-hydrogen) atoms. The lowest BCUT2D eigenvalue weighted by Gasteiger charge is -2.19. The second kappa shape index (κ2) is 9.92. The van der Waals surface area contributed by atoms with Gasteiger partial charge in [-0.05, 0) is 83.9 Å². The highest BCUT2D eigenvalue weighted by molar-refractivity contribution is 6.05. The van der Waals surface area contributed by atoms with Crippen LogP contribution < -0.4 is 16.0 Å². The molecule has 3 heterocycles. The molecule has 0 bridgehead atoms. The third kappa shape index (κ3) is 5.01. The lowest BCUT2D eigenvalue weighted by Crippen LogP contribution is -2.36. The average Bonchev–Trinajstić information content (AvgIpc) is 3.63. The Morgan fingerprint density at radius 1 is 0.975 bits per heavy atom. The molecule has 4 aromatic rings. The van der Waals surface area contributed by atoms with E-state index in [9.17, 15) is 18.0 Å². The van der Waals surface area contributed by atoms with Gasteiger partial charge in [-0.25, -0.2) is 4.68 Å². The number of carbonyl (C=O) groups excluding carboxylic acids is 1. The number of nitrogens with one attached hydrogen (secondary N) is 3. The molecule has 2 aliphatic heterocycles. The largest absolute Gasteiger partial charge is 0.416 e. The van der Waals surface area contributed by atoms with Crippen LogP contribution in [0.15, 0.2) is 109 Å². The van der Waals surface area contributed by atoms with Crippen LogP contribution >= 0.6 is 0 Å². The van der Waals surface area contributed by atoms with Gasteiger partial charge >= 0.3 is 6.18 Å². The van der Waals surface area contributed by atoms with E-state index in [2.05, 4.69) is 27.1 Å². The van der Waals surface area contributed by atoms with Crippen LogP contribution in [0.5, 0.6) is 0 Å². The summed E-state index contributed by atoms with van der Waals surface area (Å²) in [6, 6.07) is 17.2. The van der Waals surface area contributed by atoms with Crippen molar-refractivity contribution in [1.82, 2.24) is 20.4 Å². The van der Waals surface area contributed by atoms with Gasteiger partial charge in [0.15, 0.2) is 0 Å². The lowest BCUT2D eigenvalue weighted by atomic mass is 10.0. The topological polar surface area (TPSA) is 71.0 Å². The second-order valence-corrected chi connectivity index (χ2v) is 9.63. The number of anilines is 1. The maximum atomic E-state index is 13.1. The van der Waals surface area contributed by atoms with E-state index in [1.54, 1.807) is 35.1 Å². The molecule has 0 spiro atoms. The molecule has 3 N–H and O–H groups in total. The molecule has 0 fully saturated rings. The van der Waals surface area contributed by atoms with Crippen molar-refractivity contribution < 1.29 is 18.0 Å². The Bertz CT molecular complexity index is 1700. The van der Waals surface area contributed by atoms with E-state index >= 15 is 0 Å². The number of amides is 1. The first-order valence-electron chi connectivity index (χ1n) is 12.6. The Kier molecular flexibility index (Phi) is 6.26.